The van der Waals surface area contributed by atoms with Crippen molar-refractivity contribution < 1.29 is 9.47 Å². The summed E-state index contributed by atoms with van der Waals surface area (Å²) in [6.07, 6.45) is 1.04. The van der Waals surface area contributed by atoms with E-state index in [1.807, 2.05) is 6.07 Å². The van der Waals surface area contributed by atoms with Gasteiger partial charge in [0.2, 0.25) is 0 Å². The number of hydrogen-bond acceptors (Lipinski definition) is 4. The third kappa shape index (κ3) is 4.61. The molecule has 1 aromatic carbocycles. The summed E-state index contributed by atoms with van der Waals surface area (Å²) in [5, 5.41) is 3.56. The molecule has 0 saturated carbocycles. The maximum Gasteiger partial charge on any atom is 0.142 e. The molecular formula is C17H28N2O2. The molecule has 0 radical (unpaired) electrons. The molecule has 21 heavy (non-hydrogen) atoms. The van der Waals surface area contributed by atoms with Crippen LogP contribution in [0.4, 0.5) is 5.69 Å². The molecule has 0 bridgehead atoms. The molecule has 0 amide bonds. The van der Waals surface area contributed by atoms with Gasteiger partial charge in [0.05, 0.1) is 24.9 Å². The Balaban J connectivity index is 2.10. The molecule has 0 aromatic heterocycles. The van der Waals surface area contributed by atoms with Crippen LogP contribution in [-0.2, 0) is 4.74 Å². The number of anilines is 1. The number of nitrogens with one attached hydrogen (secondary N) is 1. The van der Waals surface area contributed by atoms with Crippen LogP contribution < -0.4 is 15.0 Å². The lowest BCUT2D eigenvalue weighted by Gasteiger charge is -2.33. The van der Waals surface area contributed by atoms with Crippen molar-refractivity contribution in [2.45, 2.75) is 26.3 Å². The summed E-state index contributed by atoms with van der Waals surface area (Å²) in [5.74, 6) is 1.65. The average molecular weight is 292 g/mol. The molecule has 1 aliphatic heterocycles. The highest BCUT2D eigenvalue weighted by molar-refractivity contribution is 5.59. The molecule has 0 aliphatic carbocycles. The monoisotopic (exact) mass is 292 g/mol. The average Bonchev–Trinajstić information content (AvgIpc) is 2.68. The predicted molar refractivity (Wildman–Crippen MR) is 87.3 cm³/mol. The summed E-state index contributed by atoms with van der Waals surface area (Å²) in [6, 6.07) is 8.64. The maximum absolute atomic E-state index is 5.85. The van der Waals surface area contributed by atoms with Gasteiger partial charge in [0, 0.05) is 20.2 Å². The van der Waals surface area contributed by atoms with Crippen LogP contribution in [0, 0.1) is 5.92 Å². The molecule has 1 unspecified atom stereocenters. The molecule has 1 heterocycles. The minimum atomic E-state index is 0.330. The van der Waals surface area contributed by atoms with Gasteiger partial charge in [0.15, 0.2) is 0 Å². The molecule has 1 aromatic rings. The summed E-state index contributed by atoms with van der Waals surface area (Å²) in [5.41, 5.74) is 1.18. The third-order valence-corrected chi connectivity index (χ3v) is 3.71. The second kappa shape index (κ2) is 8.25. The smallest absolute Gasteiger partial charge is 0.142 e. The van der Waals surface area contributed by atoms with Gasteiger partial charge >= 0.3 is 0 Å². The number of ether oxygens (including phenoxy) is 2. The van der Waals surface area contributed by atoms with Crippen molar-refractivity contribution in [1.82, 2.24) is 5.32 Å². The van der Waals surface area contributed by atoms with E-state index in [0.29, 0.717) is 12.0 Å². The first kappa shape index (κ1) is 16.1. The van der Waals surface area contributed by atoms with Crippen LogP contribution in [0.25, 0.3) is 0 Å². The molecule has 118 valence electrons. The van der Waals surface area contributed by atoms with Crippen molar-refractivity contribution in [2.24, 2.45) is 5.92 Å². The van der Waals surface area contributed by atoms with Crippen molar-refractivity contribution in [3.63, 3.8) is 0 Å². The highest BCUT2D eigenvalue weighted by Crippen LogP contribution is 2.31. The van der Waals surface area contributed by atoms with Gasteiger partial charge in [0.1, 0.15) is 5.75 Å². The second-order valence-electron chi connectivity index (χ2n) is 6.02. The van der Waals surface area contributed by atoms with Crippen LogP contribution >= 0.6 is 0 Å². The molecule has 0 saturated heterocycles. The van der Waals surface area contributed by atoms with Crippen molar-refractivity contribution in [2.75, 3.05) is 44.9 Å². The molecule has 4 nitrogen and oxygen atoms in total. The van der Waals surface area contributed by atoms with Crippen LogP contribution in [0.2, 0.25) is 0 Å². The summed E-state index contributed by atoms with van der Waals surface area (Å²) >= 11 is 0. The van der Waals surface area contributed by atoms with E-state index < -0.39 is 0 Å². The zero-order valence-corrected chi connectivity index (χ0v) is 13.5. The Morgan fingerprint density at radius 1 is 1.29 bits per heavy atom. The first-order valence-corrected chi connectivity index (χ1v) is 7.90. The van der Waals surface area contributed by atoms with Crippen LogP contribution in [0.3, 0.4) is 0 Å². The molecule has 4 heteroatoms. The predicted octanol–water partition coefficient (Wildman–Crippen LogP) is 2.54. The standard InChI is InChI=1S/C17H28N2O2/c1-14(2)11-18-12-15(13-20-3)19-9-6-10-21-17-8-5-4-7-16(17)19/h4-5,7-8,14-15,18H,6,9-13H2,1-3H3. The van der Waals surface area contributed by atoms with Gasteiger partial charge in [-0.25, -0.2) is 0 Å². The van der Waals surface area contributed by atoms with E-state index in [0.717, 1.165) is 45.0 Å². The normalized spacial score (nSPS) is 16.3. The highest BCUT2D eigenvalue weighted by Gasteiger charge is 2.23. The Hall–Kier alpha value is -1.26. The zero-order chi connectivity index (χ0) is 15.1. The maximum atomic E-state index is 5.85. The van der Waals surface area contributed by atoms with Crippen molar-refractivity contribution in [3.05, 3.63) is 24.3 Å². The van der Waals surface area contributed by atoms with Crippen molar-refractivity contribution in [1.29, 1.82) is 0 Å². The zero-order valence-electron chi connectivity index (χ0n) is 13.5. The topological polar surface area (TPSA) is 33.7 Å². The quantitative estimate of drug-likeness (QED) is 0.837. The van der Waals surface area contributed by atoms with E-state index in [4.69, 9.17) is 9.47 Å². The Bertz CT molecular complexity index is 423. The summed E-state index contributed by atoms with van der Waals surface area (Å²) in [7, 11) is 1.77. The summed E-state index contributed by atoms with van der Waals surface area (Å²) in [4.78, 5) is 2.43. The molecule has 2 rings (SSSR count). The molecule has 1 atom stereocenters. The van der Waals surface area contributed by atoms with Crippen LogP contribution in [0.5, 0.6) is 5.75 Å². The fourth-order valence-corrected chi connectivity index (χ4v) is 2.72. The molecule has 0 fully saturated rings. The second-order valence-corrected chi connectivity index (χ2v) is 6.02. The molecule has 1 N–H and O–H groups in total. The summed E-state index contributed by atoms with van der Waals surface area (Å²) < 4.78 is 11.3. The van der Waals surface area contributed by atoms with E-state index in [-0.39, 0.29) is 0 Å². The van der Waals surface area contributed by atoms with E-state index in [1.54, 1.807) is 7.11 Å². The van der Waals surface area contributed by atoms with Gasteiger partial charge in [-0.05, 0) is 31.0 Å². The Morgan fingerprint density at radius 3 is 2.86 bits per heavy atom. The largest absolute Gasteiger partial charge is 0.491 e. The van der Waals surface area contributed by atoms with Gasteiger partial charge in [-0.15, -0.1) is 0 Å². The van der Waals surface area contributed by atoms with E-state index in [9.17, 15) is 0 Å². The van der Waals surface area contributed by atoms with Crippen molar-refractivity contribution >= 4 is 5.69 Å². The first-order valence-electron chi connectivity index (χ1n) is 7.90. The van der Waals surface area contributed by atoms with Gasteiger partial charge in [-0.1, -0.05) is 26.0 Å². The van der Waals surface area contributed by atoms with Crippen LogP contribution in [0.1, 0.15) is 20.3 Å². The lowest BCUT2D eigenvalue weighted by molar-refractivity contribution is 0.174. The van der Waals surface area contributed by atoms with Crippen LogP contribution in [0.15, 0.2) is 24.3 Å². The van der Waals surface area contributed by atoms with E-state index in [1.165, 1.54) is 5.69 Å². The first-order chi connectivity index (χ1) is 10.2. The lowest BCUT2D eigenvalue weighted by Crippen LogP contribution is -2.46. The Morgan fingerprint density at radius 2 is 2.10 bits per heavy atom. The molecule has 0 spiro atoms. The van der Waals surface area contributed by atoms with Crippen LogP contribution in [-0.4, -0.2) is 46.0 Å². The summed E-state index contributed by atoms with van der Waals surface area (Å²) in [6.45, 7) is 8.94. The highest BCUT2D eigenvalue weighted by atomic mass is 16.5. The number of benzene rings is 1. The fraction of sp³-hybridized carbons (Fsp3) is 0.647. The van der Waals surface area contributed by atoms with E-state index in [2.05, 4.69) is 42.3 Å². The third-order valence-electron chi connectivity index (χ3n) is 3.71. The number of nitrogens with zero attached hydrogens (tertiary/aromatic N) is 1. The van der Waals surface area contributed by atoms with E-state index >= 15 is 0 Å². The Labute approximate surface area is 128 Å². The van der Waals surface area contributed by atoms with Gasteiger partial charge in [-0.3, -0.25) is 0 Å². The number of hydrogen-bond donors (Lipinski definition) is 1. The van der Waals surface area contributed by atoms with Gasteiger partial charge < -0.3 is 19.7 Å². The Kier molecular flexibility index (Phi) is 6.33. The fourth-order valence-electron chi connectivity index (χ4n) is 2.72. The molecule has 1 aliphatic rings. The molecular weight excluding hydrogens is 264 g/mol. The van der Waals surface area contributed by atoms with Gasteiger partial charge in [0.25, 0.3) is 0 Å². The van der Waals surface area contributed by atoms with Gasteiger partial charge in [-0.2, -0.15) is 0 Å². The van der Waals surface area contributed by atoms with Crippen molar-refractivity contribution in [3.8, 4) is 5.75 Å². The number of fused-ring (bicyclic) bond motifs is 1. The minimum absolute atomic E-state index is 0.330. The number of rotatable bonds is 7. The minimum Gasteiger partial charge on any atom is -0.491 e. The lowest BCUT2D eigenvalue weighted by atomic mass is 10.1. The SMILES string of the molecule is COCC(CNCC(C)C)N1CCCOc2ccccc21. The number of methoxy groups -OCH3 is 1. The number of para-hydroxylation sites is 2.